The number of nitro groups is 1. The number of rotatable bonds is 2. The molecule has 1 spiro atoms. The van der Waals surface area contributed by atoms with E-state index >= 15 is 0 Å². The van der Waals surface area contributed by atoms with Gasteiger partial charge in [0.05, 0.1) is 24.7 Å². The summed E-state index contributed by atoms with van der Waals surface area (Å²) in [6.45, 7) is 2.30. The maximum atomic E-state index is 11.0. The molecule has 0 N–H and O–H groups in total. The van der Waals surface area contributed by atoms with Gasteiger partial charge in [-0.05, 0) is 0 Å². The Morgan fingerprint density at radius 2 is 2.22 bits per heavy atom. The quantitative estimate of drug-likeness (QED) is 0.557. The number of aryl methyl sites for hydroxylation is 1. The molecule has 8 heteroatoms. The summed E-state index contributed by atoms with van der Waals surface area (Å²) in [4.78, 5) is 12.4. The predicted molar refractivity (Wildman–Crippen MR) is 61.3 cm³/mol. The number of hydrogen-bond donors (Lipinski definition) is 0. The van der Waals surface area contributed by atoms with Crippen molar-refractivity contribution in [3.63, 3.8) is 0 Å². The smallest absolute Gasteiger partial charge is 0.330 e. The lowest BCUT2D eigenvalue weighted by Crippen LogP contribution is -2.34. The average molecular weight is 254 g/mol. The van der Waals surface area contributed by atoms with E-state index in [1.54, 1.807) is 7.05 Å². The minimum absolute atomic E-state index is 0.0209. The highest BCUT2D eigenvalue weighted by molar-refractivity contribution is 5.57. The molecule has 3 heterocycles. The summed E-state index contributed by atoms with van der Waals surface area (Å²) in [5.74, 6) is -0.204. The van der Waals surface area contributed by atoms with Gasteiger partial charge in [-0.15, -0.1) is 5.10 Å². The standard InChI is InChI=1S/C10H14N4O4/c1-12-6-8(14(15)16)9(11-12)13-3-2-10(7-13)17-4-5-18-10/h6H,2-5,7H2,1H3. The second-order valence-electron chi connectivity index (χ2n) is 4.55. The first kappa shape index (κ1) is 11.4. The van der Waals surface area contributed by atoms with Gasteiger partial charge < -0.3 is 14.4 Å². The fourth-order valence-corrected chi connectivity index (χ4v) is 2.49. The van der Waals surface area contributed by atoms with E-state index in [1.807, 2.05) is 4.90 Å². The number of anilines is 1. The van der Waals surface area contributed by atoms with Gasteiger partial charge in [0.1, 0.15) is 6.20 Å². The van der Waals surface area contributed by atoms with Gasteiger partial charge in [0, 0.05) is 20.0 Å². The molecule has 2 aliphatic rings. The van der Waals surface area contributed by atoms with Crippen LogP contribution in [0.15, 0.2) is 6.20 Å². The van der Waals surface area contributed by atoms with E-state index in [2.05, 4.69) is 5.10 Å². The van der Waals surface area contributed by atoms with Crippen LogP contribution in [0.25, 0.3) is 0 Å². The van der Waals surface area contributed by atoms with Gasteiger partial charge in [-0.2, -0.15) is 0 Å². The van der Waals surface area contributed by atoms with Crippen molar-refractivity contribution in [1.29, 1.82) is 0 Å². The molecule has 3 rings (SSSR count). The highest BCUT2D eigenvalue weighted by Crippen LogP contribution is 2.36. The summed E-state index contributed by atoms with van der Waals surface area (Å²) < 4.78 is 12.6. The average Bonchev–Trinajstić information content (AvgIpc) is 3.00. The minimum atomic E-state index is -0.592. The Balaban J connectivity index is 1.86. The number of nitrogens with zero attached hydrogens (tertiary/aromatic N) is 4. The summed E-state index contributed by atoms with van der Waals surface area (Å²) in [5, 5.41) is 15.1. The predicted octanol–water partition coefficient (Wildman–Crippen LogP) is 0.281. The fourth-order valence-electron chi connectivity index (χ4n) is 2.49. The largest absolute Gasteiger partial charge is 0.346 e. The first-order chi connectivity index (χ1) is 8.60. The first-order valence-electron chi connectivity index (χ1n) is 5.81. The maximum absolute atomic E-state index is 11.0. The summed E-state index contributed by atoms with van der Waals surface area (Å²) in [7, 11) is 1.67. The molecule has 0 unspecified atom stereocenters. The van der Waals surface area contributed by atoms with Crippen LogP contribution in [0.2, 0.25) is 0 Å². The molecule has 0 atom stereocenters. The highest BCUT2D eigenvalue weighted by Gasteiger charge is 2.45. The van der Waals surface area contributed by atoms with E-state index in [0.29, 0.717) is 38.5 Å². The summed E-state index contributed by atoms with van der Waals surface area (Å²) >= 11 is 0. The van der Waals surface area contributed by atoms with Crippen molar-refractivity contribution in [3.05, 3.63) is 16.3 Å². The van der Waals surface area contributed by atoms with Crippen LogP contribution in [0.3, 0.4) is 0 Å². The highest BCUT2D eigenvalue weighted by atomic mass is 16.7. The zero-order valence-corrected chi connectivity index (χ0v) is 10.0. The molecule has 1 aromatic heterocycles. The van der Waals surface area contributed by atoms with E-state index in [-0.39, 0.29) is 5.69 Å². The molecule has 2 fully saturated rings. The molecule has 8 nitrogen and oxygen atoms in total. The molecule has 0 saturated carbocycles. The molecule has 0 bridgehead atoms. The minimum Gasteiger partial charge on any atom is -0.346 e. The van der Waals surface area contributed by atoms with Crippen molar-refractivity contribution in [3.8, 4) is 0 Å². The van der Waals surface area contributed by atoms with Crippen LogP contribution in [-0.2, 0) is 16.5 Å². The third-order valence-electron chi connectivity index (χ3n) is 3.29. The first-order valence-corrected chi connectivity index (χ1v) is 5.81. The molecule has 2 saturated heterocycles. The van der Waals surface area contributed by atoms with Crippen LogP contribution in [0.5, 0.6) is 0 Å². The zero-order chi connectivity index (χ0) is 12.8. The molecule has 2 aliphatic heterocycles. The second kappa shape index (κ2) is 3.92. The Bertz CT molecular complexity index is 480. The lowest BCUT2D eigenvalue weighted by molar-refractivity contribution is -0.384. The van der Waals surface area contributed by atoms with Gasteiger partial charge in [0.25, 0.3) is 0 Å². The SMILES string of the molecule is Cn1cc([N+](=O)[O-])c(N2CCC3(C2)OCCO3)n1. The molecule has 0 radical (unpaired) electrons. The van der Waals surface area contributed by atoms with Crippen molar-refractivity contribution in [2.45, 2.75) is 12.2 Å². The molecule has 98 valence electrons. The Hall–Kier alpha value is -1.67. The summed E-state index contributed by atoms with van der Waals surface area (Å²) in [6, 6.07) is 0. The number of ether oxygens (including phenoxy) is 2. The lowest BCUT2D eigenvalue weighted by Gasteiger charge is -2.21. The van der Waals surface area contributed by atoms with E-state index in [0.717, 1.165) is 0 Å². The van der Waals surface area contributed by atoms with Crippen molar-refractivity contribution < 1.29 is 14.4 Å². The van der Waals surface area contributed by atoms with Gasteiger partial charge >= 0.3 is 5.69 Å². The maximum Gasteiger partial charge on any atom is 0.330 e. The zero-order valence-electron chi connectivity index (χ0n) is 10.0. The van der Waals surface area contributed by atoms with Gasteiger partial charge in [-0.1, -0.05) is 0 Å². The van der Waals surface area contributed by atoms with Crippen molar-refractivity contribution >= 4 is 11.5 Å². The van der Waals surface area contributed by atoms with Gasteiger partial charge in [-0.25, -0.2) is 0 Å². The Kier molecular flexibility index (Phi) is 2.49. The Morgan fingerprint density at radius 3 is 2.89 bits per heavy atom. The van der Waals surface area contributed by atoms with Crippen molar-refractivity contribution in [2.24, 2.45) is 7.05 Å². The topological polar surface area (TPSA) is 82.7 Å². The van der Waals surface area contributed by atoms with E-state index < -0.39 is 10.7 Å². The van der Waals surface area contributed by atoms with Gasteiger partial charge in [0.15, 0.2) is 5.79 Å². The summed E-state index contributed by atoms with van der Waals surface area (Å²) in [5.41, 5.74) is 0.0209. The third-order valence-corrected chi connectivity index (χ3v) is 3.29. The summed E-state index contributed by atoms with van der Waals surface area (Å²) in [6.07, 6.45) is 2.12. The normalized spacial score (nSPS) is 21.9. The molecule has 1 aromatic rings. The second-order valence-corrected chi connectivity index (χ2v) is 4.55. The van der Waals surface area contributed by atoms with Gasteiger partial charge in [-0.3, -0.25) is 14.8 Å². The molecule has 0 aliphatic carbocycles. The molecule has 18 heavy (non-hydrogen) atoms. The third kappa shape index (κ3) is 1.73. The van der Waals surface area contributed by atoms with Gasteiger partial charge in [0.2, 0.25) is 5.82 Å². The molecular weight excluding hydrogens is 240 g/mol. The molecular formula is C10H14N4O4. The molecule has 0 aromatic carbocycles. The van der Waals surface area contributed by atoms with Crippen LogP contribution in [-0.4, -0.2) is 46.8 Å². The number of hydrogen-bond acceptors (Lipinski definition) is 6. The van der Waals surface area contributed by atoms with Crippen LogP contribution >= 0.6 is 0 Å². The van der Waals surface area contributed by atoms with Crippen LogP contribution in [0.4, 0.5) is 11.5 Å². The van der Waals surface area contributed by atoms with Crippen molar-refractivity contribution in [1.82, 2.24) is 9.78 Å². The number of aromatic nitrogens is 2. The van der Waals surface area contributed by atoms with Crippen LogP contribution < -0.4 is 4.90 Å². The fraction of sp³-hybridized carbons (Fsp3) is 0.700. The Labute approximate surface area is 103 Å². The van der Waals surface area contributed by atoms with Crippen molar-refractivity contribution in [2.75, 3.05) is 31.2 Å². The lowest BCUT2D eigenvalue weighted by atomic mass is 10.2. The van der Waals surface area contributed by atoms with E-state index in [4.69, 9.17) is 9.47 Å². The van der Waals surface area contributed by atoms with Crippen LogP contribution in [0, 0.1) is 10.1 Å². The molecule has 0 amide bonds. The monoisotopic (exact) mass is 254 g/mol. The van der Waals surface area contributed by atoms with Crippen LogP contribution in [0.1, 0.15) is 6.42 Å². The van der Waals surface area contributed by atoms with E-state index in [1.165, 1.54) is 10.9 Å². The Morgan fingerprint density at radius 1 is 1.50 bits per heavy atom. The van der Waals surface area contributed by atoms with E-state index in [9.17, 15) is 10.1 Å².